The highest BCUT2D eigenvalue weighted by Crippen LogP contribution is 2.35. The zero-order valence-corrected chi connectivity index (χ0v) is 17.1. The minimum atomic E-state index is -0.252. The second kappa shape index (κ2) is 9.04. The number of fused-ring (bicyclic) bond motifs is 1. The van der Waals surface area contributed by atoms with Crippen molar-refractivity contribution in [3.05, 3.63) is 59.4 Å². The Balaban J connectivity index is 1.44. The number of nitrogens with one attached hydrogen (secondary N) is 1. The number of benzene rings is 2. The quantitative estimate of drug-likeness (QED) is 0.550. The van der Waals surface area contributed by atoms with Crippen LogP contribution in [0.3, 0.4) is 0 Å². The lowest BCUT2D eigenvalue weighted by Gasteiger charge is -2.24. The lowest BCUT2D eigenvalue weighted by Crippen LogP contribution is -2.29. The van der Waals surface area contributed by atoms with Gasteiger partial charge in [-0.3, -0.25) is 10.1 Å². The third-order valence-electron chi connectivity index (χ3n) is 4.57. The molecule has 8 nitrogen and oxygen atoms in total. The van der Waals surface area contributed by atoms with Crippen molar-refractivity contribution in [3.63, 3.8) is 0 Å². The number of carbonyl (C=O) groups excluding carboxylic acids is 1. The molecule has 1 N–H and O–H groups in total. The highest BCUT2D eigenvalue weighted by atomic mass is 35.5. The van der Waals surface area contributed by atoms with E-state index in [4.69, 9.17) is 25.8 Å². The van der Waals surface area contributed by atoms with Gasteiger partial charge in [-0.2, -0.15) is 10.1 Å². The van der Waals surface area contributed by atoms with Crippen LogP contribution >= 0.6 is 11.6 Å². The Morgan fingerprint density at radius 2 is 1.90 bits per heavy atom. The van der Waals surface area contributed by atoms with Crippen LogP contribution in [0.25, 0.3) is 0 Å². The molecule has 1 aliphatic heterocycles. The fraction of sp³-hybridized carbons (Fsp3) is 0.286. The number of rotatable bonds is 8. The maximum Gasteiger partial charge on any atom is 0.229 e. The molecule has 0 saturated carbocycles. The molecule has 0 fully saturated rings. The van der Waals surface area contributed by atoms with Gasteiger partial charge in [-0.25, -0.2) is 4.68 Å². The Labute approximate surface area is 178 Å². The van der Waals surface area contributed by atoms with Gasteiger partial charge in [0.25, 0.3) is 0 Å². The second-order valence-corrected chi connectivity index (χ2v) is 7.02. The van der Waals surface area contributed by atoms with Crippen molar-refractivity contribution in [1.82, 2.24) is 14.8 Å². The number of amides is 1. The summed E-state index contributed by atoms with van der Waals surface area (Å²) in [6.07, 6.45) is 1.70. The predicted molar refractivity (Wildman–Crippen MR) is 111 cm³/mol. The van der Waals surface area contributed by atoms with E-state index in [1.54, 1.807) is 16.8 Å². The molecule has 0 saturated heterocycles. The average Bonchev–Trinajstić information content (AvgIpc) is 3.21. The molecule has 1 aliphatic rings. The molecule has 0 unspecified atom stereocenters. The number of anilines is 1. The van der Waals surface area contributed by atoms with Crippen LogP contribution in [0.2, 0.25) is 5.02 Å². The minimum Gasteiger partial charge on any atom is -0.490 e. The molecule has 1 amide bonds. The Morgan fingerprint density at radius 3 is 2.70 bits per heavy atom. The number of hydrogen-bond acceptors (Lipinski definition) is 6. The van der Waals surface area contributed by atoms with Crippen LogP contribution in [0.1, 0.15) is 24.9 Å². The van der Waals surface area contributed by atoms with Gasteiger partial charge in [0.1, 0.15) is 25.3 Å². The molecule has 2 heterocycles. The van der Waals surface area contributed by atoms with Crippen LogP contribution in [-0.2, 0) is 4.79 Å². The van der Waals surface area contributed by atoms with Gasteiger partial charge in [-0.1, -0.05) is 17.7 Å². The highest BCUT2D eigenvalue weighted by Gasteiger charge is 2.28. The Kier molecular flexibility index (Phi) is 6.04. The smallest absolute Gasteiger partial charge is 0.229 e. The summed E-state index contributed by atoms with van der Waals surface area (Å²) in [6, 6.07) is 12.5. The topological polar surface area (TPSA) is 87.5 Å². The summed E-state index contributed by atoms with van der Waals surface area (Å²) in [5, 5.41) is 7.61. The van der Waals surface area contributed by atoms with Crippen molar-refractivity contribution in [2.45, 2.75) is 19.4 Å². The van der Waals surface area contributed by atoms with Crippen molar-refractivity contribution in [2.75, 3.05) is 25.1 Å². The molecular weight excluding hydrogens is 408 g/mol. The van der Waals surface area contributed by atoms with Gasteiger partial charge < -0.3 is 14.2 Å². The summed E-state index contributed by atoms with van der Waals surface area (Å²) in [6.45, 7) is 3.12. The van der Waals surface area contributed by atoms with Crippen molar-refractivity contribution in [2.24, 2.45) is 0 Å². The lowest BCUT2D eigenvalue weighted by molar-refractivity contribution is -0.117. The molecule has 1 aromatic heterocycles. The summed E-state index contributed by atoms with van der Waals surface area (Å²) in [7, 11) is 0. The van der Waals surface area contributed by atoms with Crippen LogP contribution in [-0.4, -0.2) is 40.5 Å². The van der Waals surface area contributed by atoms with Crippen LogP contribution in [0.15, 0.2) is 48.8 Å². The SMILES string of the molecule is CCOc1cc([C@H]2CC(=O)Nc3ncnn32)ccc1OCCOc1ccc(Cl)cc1. The zero-order chi connectivity index (χ0) is 20.9. The number of carbonyl (C=O) groups is 1. The standard InChI is InChI=1S/C21H21ClN4O4/c1-2-28-19-11-14(17-12-20(27)25-21-23-13-24-26(17)21)3-8-18(19)30-10-9-29-16-6-4-15(22)5-7-16/h3-8,11,13,17H,2,9-10,12H2,1H3,(H,23,24,25,27)/t17-/m1/s1. The average molecular weight is 429 g/mol. The van der Waals surface area contributed by atoms with E-state index in [2.05, 4.69) is 15.4 Å². The molecule has 0 radical (unpaired) electrons. The van der Waals surface area contributed by atoms with Gasteiger partial charge in [0.15, 0.2) is 11.5 Å². The van der Waals surface area contributed by atoms with Gasteiger partial charge in [-0.05, 0) is 48.9 Å². The Hall–Kier alpha value is -3.26. The molecule has 0 bridgehead atoms. The van der Waals surface area contributed by atoms with Crippen LogP contribution in [0.5, 0.6) is 17.2 Å². The fourth-order valence-electron chi connectivity index (χ4n) is 3.23. The zero-order valence-electron chi connectivity index (χ0n) is 16.4. The van der Waals surface area contributed by atoms with Gasteiger partial charge in [0.05, 0.1) is 19.1 Å². The van der Waals surface area contributed by atoms with Crippen LogP contribution < -0.4 is 19.5 Å². The van der Waals surface area contributed by atoms with Crippen LogP contribution in [0, 0.1) is 0 Å². The first-order chi connectivity index (χ1) is 14.6. The number of halogens is 1. The summed E-state index contributed by atoms with van der Waals surface area (Å²) in [5.41, 5.74) is 0.893. The molecule has 0 aliphatic carbocycles. The highest BCUT2D eigenvalue weighted by molar-refractivity contribution is 6.30. The molecule has 0 spiro atoms. The van der Waals surface area contributed by atoms with Crippen molar-refractivity contribution < 1.29 is 19.0 Å². The second-order valence-electron chi connectivity index (χ2n) is 6.59. The van der Waals surface area contributed by atoms with Gasteiger partial charge in [0.2, 0.25) is 11.9 Å². The van der Waals surface area contributed by atoms with E-state index in [-0.39, 0.29) is 18.4 Å². The van der Waals surface area contributed by atoms with Crippen molar-refractivity contribution in [3.8, 4) is 17.2 Å². The van der Waals surface area contributed by atoms with Gasteiger partial charge >= 0.3 is 0 Å². The number of nitrogens with zero attached hydrogens (tertiary/aromatic N) is 3. The normalized spacial score (nSPS) is 15.3. The fourth-order valence-corrected chi connectivity index (χ4v) is 3.35. The van der Waals surface area contributed by atoms with E-state index in [9.17, 15) is 4.79 Å². The molecule has 9 heteroatoms. The first-order valence-corrected chi connectivity index (χ1v) is 9.99. The Morgan fingerprint density at radius 1 is 1.10 bits per heavy atom. The van der Waals surface area contributed by atoms with Crippen LogP contribution in [0.4, 0.5) is 5.95 Å². The maximum atomic E-state index is 12.0. The summed E-state index contributed by atoms with van der Waals surface area (Å²) < 4.78 is 19.0. The van der Waals surface area contributed by atoms with E-state index in [1.807, 2.05) is 37.3 Å². The minimum absolute atomic E-state index is 0.0989. The third-order valence-corrected chi connectivity index (χ3v) is 4.83. The van der Waals surface area contributed by atoms with Gasteiger partial charge in [0, 0.05) is 5.02 Å². The van der Waals surface area contributed by atoms with Crippen molar-refractivity contribution >= 4 is 23.5 Å². The summed E-state index contributed by atoms with van der Waals surface area (Å²) >= 11 is 5.87. The largest absolute Gasteiger partial charge is 0.490 e. The molecular formula is C21H21ClN4O4. The molecule has 2 aromatic carbocycles. The van der Waals surface area contributed by atoms with Gasteiger partial charge in [-0.15, -0.1) is 0 Å². The maximum absolute atomic E-state index is 12.0. The molecule has 1 atom stereocenters. The van der Waals surface area contributed by atoms with E-state index in [0.717, 1.165) is 11.3 Å². The third kappa shape index (κ3) is 4.49. The molecule has 30 heavy (non-hydrogen) atoms. The van der Waals surface area contributed by atoms with E-state index >= 15 is 0 Å². The number of ether oxygens (including phenoxy) is 3. The van der Waals surface area contributed by atoms with E-state index < -0.39 is 0 Å². The summed E-state index contributed by atoms with van der Waals surface area (Å²) in [4.78, 5) is 16.1. The monoisotopic (exact) mass is 428 g/mol. The summed E-state index contributed by atoms with van der Waals surface area (Å²) in [5.74, 6) is 2.28. The van der Waals surface area contributed by atoms with E-state index in [0.29, 0.717) is 42.3 Å². The number of hydrogen-bond donors (Lipinski definition) is 1. The van der Waals surface area contributed by atoms with Crippen molar-refractivity contribution in [1.29, 1.82) is 0 Å². The first-order valence-electron chi connectivity index (χ1n) is 9.61. The lowest BCUT2D eigenvalue weighted by atomic mass is 10.0. The molecule has 4 rings (SSSR count). The Bertz CT molecular complexity index is 1020. The number of aromatic nitrogens is 3. The van der Waals surface area contributed by atoms with E-state index in [1.165, 1.54) is 6.33 Å². The first kappa shape index (κ1) is 20.0. The molecule has 3 aromatic rings. The predicted octanol–water partition coefficient (Wildman–Crippen LogP) is 3.72. The molecule has 156 valence electrons.